The first-order valence-electron chi connectivity index (χ1n) is 6.98. The van der Waals surface area contributed by atoms with Gasteiger partial charge in [0.2, 0.25) is 0 Å². The maximum absolute atomic E-state index is 10.3. The molecule has 0 radical (unpaired) electrons. The summed E-state index contributed by atoms with van der Waals surface area (Å²) in [4.78, 5) is 10.3. The molecule has 1 aromatic carbocycles. The molecule has 1 aliphatic carbocycles. The molecule has 0 spiro atoms. The molecule has 3 rings (SSSR count). The van der Waals surface area contributed by atoms with Crippen LogP contribution in [0.2, 0.25) is 0 Å². The van der Waals surface area contributed by atoms with Gasteiger partial charge in [0.1, 0.15) is 5.75 Å². The minimum atomic E-state index is -0.957. The molecule has 1 amide bonds. The molecule has 1 heterocycles. The molecule has 1 fully saturated rings. The predicted molar refractivity (Wildman–Crippen MR) is 73.8 cm³/mol. The van der Waals surface area contributed by atoms with Gasteiger partial charge in [0.15, 0.2) is 0 Å². The number of carbonyl (C=O) groups is 1. The number of rotatable bonds is 4. The SMILES string of the molecule is C1CC1.O=C(O)NCCCc1cccc2c1CCO2. The lowest BCUT2D eigenvalue weighted by atomic mass is 10.0. The number of hydrogen-bond acceptors (Lipinski definition) is 2. The minimum absolute atomic E-state index is 0.500. The third kappa shape index (κ3) is 4.81. The van der Waals surface area contributed by atoms with Crippen molar-refractivity contribution in [2.45, 2.75) is 38.5 Å². The molecular formula is C15H21NO3. The van der Waals surface area contributed by atoms with Crippen LogP contribution in [0.3, 0.4) is 0 Å². The first-order valence-corrected chi connectivity index (χ1v) is 6.98. The maximum atomic E-state index is 10.3. The first-order chi connectivity index (χ1) is 9.27. The first kappa shape index (κ1) is 13.7. The van der Waals surface area contributed by atoms with Crippen LogP contribution >= 0.6 is 0 Å². The van der Waals surface area contributed by atoms with Crippen molar-refractivity contribution in [3.05, 3.63) is 29.3 Å². The minimum Gasteiger partial charge on any atom is -0.493 e. The van der Waals surface area contributed by atoms with Crippen molar-refractivity contribution in [2.75, 3.05) is 13.2 Å². The number of amides is 1. The lowest BCUT2D eigenvalue weighted by Gasteiger charge is -2.06. The number of aryl methyl sites for hydroxylation is 1. The second-order valence-electron chi connectivity index (χ2n) is 4.89. The summed E-state index contributed by atoms with van der Waals surface area (Å²) in [6.45, 7) is 1.26. The highest BCUT2D eigenvalue weighted by atomic mass is 16.5. The summed E-state index contributed by atoms with van der Waals surface area (Å²) in [5, 5.41) is 10.8. The van der Waals surface area contributed by atoms with Crippen LogP contribution < -0.4 is 10.1 Å². The summed E-state index contributed by atoms with van der Waals surface area (Å²) in [6, 6.07) is 6.07. The van der Waals surface area contributed by atoms with Crippen LogP contribution in [0.5, 0.6) is 5.75 Å². The molecule has 19 heavy (non-hydrogen) atoms. The third-order valence-electron chi connectivity index (χ3n) is 3.09. The maximum Gasteiger partial charge on any atom is 0.404 e. The third-order valence-corrected chi connectivity index (χ3v) is 3.09. The highest BCUT2D eigenvalue weighted by molar-refractivity contribution is 5.64. The highest BCUT2D eigenvalue weighted by Crippen LogP contribution is 2.28. The molecule has 0 aromatic heterocycles. The fourth-order valence-electron chi connectivity index (χ4n) is 2.00. The quantitative estimate of drug-likeness (QED) is 0.821. The Morgan fingerprint density at radius 2 is 2.11 bits per heavy atom. The molecule has 0 atom stereocenters. The second kappa shape index (κ2) is 7.02. The van der Waals surface area contributed by atoms with Crippen molar-refractivity contribution in [2.24, 2.45) is 0 Å². The van der Waals surface area contributed by atoms with Gasteiger partial charge in [0.05, 0.1) is 6.61 Å². The van der Waals surface area contributed by atoms with Crippen LogP contribution in [0.15, 0.2) is 18.2 Å². The highest BCUT2D eigenvalue weighted by Gasteiger charge is 2.14. The fraction of sp³-hybridized carbons (Fsp3) is 0.533. The molecule has 1 aliphatic heterocycles. The number of ether oxygens (including phenoxy) is 1. The van der Waals surface area contributed by atoms with Crippen LogP contribution in [0.1, 0.15) is 36.8 Å². The van der Waals surface area contributed by atoms with E-state index in [1.165, 1.54) is 30.4 Å². The van der Waals surface area contributed by atoms with E-state index in [2.05, 4.69) is 11.4 Å². The summed E-state index contributed by atoms with van der Waals surface area (Å²) in [7, 11) is 0. The van der Waals surface area contributed by atoms with E-state index < -0.39 is 6.09 Å². The number of carboxylic acid groups (broad SMARTS) is 1. The van der Waals surface area contributed by atoms with E-state index in [0.29, 0.717) is 6.54 Å². The van der Waals surface area contributed by atoms with Crippen molar-refractivity contribution in [1.82, 2.24) is 5.32 Å². The Labute approximate surface area is 113 Å². The fourth-order valence-corrected chi connectivity index (χ4v) is 2.00. The van der Waals surface area contributed by atoms with E-state index in [0.717, 1.165) is 31.6 Å². The molecule has 1 aromatic rings. The zero-order valence-corrected chi connectivity index (χ0v) is 11.2. The Hall–Kier alpha value is -1.71. The molecule has 2 N–H and O–H groups in total. The molecule has 2 aliphatic rings. The van der Waals surface area contributed by atoms with Gasteiger partial charge in [-0.15, -0.1) is 0 Å². The average Bonchev–Trinajstić information content (AvgIpc) is 3.20. The van der Waals surface area contributed by atoms with Crippen molar-refractivity contribution < 1.29 is 14.6 Å². The normalized spacial score (nSPS) is 14.7. The van der Waals surface area contributed by atoms with Crippen LogP contribution in [-0.2, 0) is 12.8 Å². The van der Waals surface area contributed by atoms with Crippen molar-refractivity contribution in [3.8, 4) is 5.75 Å². The summed E-state index contributed by atoms with van der Waals surface area (Å²) >= 11 is 0. The van der Waals surface area contributed by atoms with Gasteiger partial charge in [-0.2, -0.15) is 0 Å². The van der Waals surface area contributed by atoms with E-state index in [-0.39, 0.29) is 0 Å². The summed E-state index contributed by atoms with van der Waals surface area (Å²) in [5.74, 6) is 0.990. The zero-order valence-electron chi connectivity index (χ0n) is 11.2. The van der Waals surface area contributed by atoms with Crippen LogP contribution in [0.4, 0.5) is 4.79 Å². The standard InChI is InChI=1S/C12H15NO3.C3H6/c14-12(15)13-7-2-4-9-3-1-5-11-10(9)6-8-16-11;1-2-3-1/h1,3,5,13H,2,4,6-8H2,(H,14,15);1-3H2. The average molecular weight is 263 g/mol. The van der Waals surface area contributed by atoms with Gasteiger partial charge in [0.25, 0.3) is 0 Å². The van der Waals surface area contributed by atoms with Crippen LogP contribution in [-0.4, -0.2) is 24.4 Å². The Kier molecular flexibility index (Phi) is 5.07. The molecule has 1 saturated carbocycles. The number of fused-ring (bicyclic) bond motifs is 1. The zero-order chi connectivity index (χ0) is 13.5. The number of benzene rings is 1. The Morgan fingerprint density at radius 3 is 2.79 bits per heavy atom. The summed E-state index contributed by atoms with van der Waals surface area (Å²) in [5.41, 5.74) is 2.57. The predicted octanol–water partition coefficient (Wildman–Crippen LogP) is 2.99. The Morgan fingerprint density at radius 1 is 1.32 bits per heavy atom. The van der Waals surface area contributed by atoms with E-state index in [4.69, 9.17) is 9.84 Å². The summed E-state index contributed by atoms with van der Waals surface area (Å²) in [6.07, 6.45) is 6.23. The van der Waals surface area contributed by atoms with Gasteiger partial charge in [-0.25, -0.2) is 4.79 Å². The van der Waals surface area contributed by atoms with Crippen molar-refractivity contribution in [1.29, 1.82) is 0 Å². The van der Waals surface area contributed by atoms with E-state index in [9.17, 15) is 4.79 Å². The Balaban J connectivity index is 0.000000390. The van der Waals surface area contributed by atoms with Crippen molar-refractivity contribution >= 4 is 6.09 Å². The molecule has 0 bridgehead atoms. The van der Waals surface area contributed by atoms with Gasteiger partial charge < -0.3 is 15.2 Å². The van der Waals surface area contributed by atoms with E-state index in [1.807, 2.05) is 12.1 Å². The van der Waals surface area contributed by atoms with Gasteiger partial charge in [-0.05, 0) is 24.5 Å². The molecule has 0 unspecified atom stereocenters. The lowest BCUT2D eigenvalue weighted by molar-refractivity contribution is 0.194. The lowest BCUT2D eigenvalue weighted by Crippen LogP contribution is -2.22. The molecule has 0 saturated heterocycles. The van der Waals surface area contributed by atoms with E-state index in [1.54, 1.807) is 0 Å². The largest absolute Gasteiger partial charge is 0.493 e. The molecule has 4 nitrogen and oxygen atoms in total. The van der Waals surface area contributed by atoms with Gasteiger partial charge in [-0.3, -0.25) is 0 Å². The van der Waals surface area contributed by atoms with Crippen LogP contribution in [0.25, 0.3) is 0 Å². The topological polar surface area (TPSA) is 58.6 Å². The molecular weight excluding hydrogens is 242 g/mol. The molecule has 4 heteroatoms. The molecule has 104 valence electrons. The van der Waals surface area contributed by atoms with Gasteiger partial charge in [0, 0.05) is 18.5 Å². The van der Waals surface area contributed by atoms with E-state index >= 15 is 0 Å². The Bertz CT molecular complexity index is 427. The van der Waals surface area contributed by atoms with Gasteiger partial charge in [-0.1, -0.05) is 31.4 Å². The number of hydrogen-bond donors (Lipinski definition) is 2. The second-order valence-corrected chi connectivity index (χ2v) is 4.89. The van der Waals surface area contributed by atoms with Crippen molar-refractivity contribution in [3.63, 3.8) is 0 Å². The van der Waals surface area contributed by atoms with Crippen LogP contribution in [0, 0.1) is 0 Å². The number of nitrogens with one attached hydrogen (secondary N) is 1. The van der Waals surface area contributed by atoms with Gasteiger partial charge >= 0.3 is 6.09 Å². The monoisotopic (exact) mass is 263 g/mol. The smallest absolute Gasteiger partial charge is 0.404 e. The summed E-state index contributed by atoms with van der Waals surface area (Å²) < 4.78 is 5.47.